The van der Waals surface area contributed by atoms with E-state index in [9.17, 15) is 14.4 Å². The van der Waals surface area contributed by atoms with Crippen LogP contribution in [0, 0.1) is 0 Å². The molecular weight excluding hydrogens is 386 g/mol. The number of hydrogen-bond donors (Lipinski definition) is 2. The Morgan fingerprint density at radius 3 is 2.43 bits per heavy atom. The van der Waals surface area contributed by atoms with Crippen molar-refractivity contribution >= 4 is 28.8 Å². The van der Waals surface area contributed by atoms with Gasteiger partial charge in [0.2, 0.25) is 0 Å². The molecule has 0 saturated heterocycles. The topological polar surface area (TPSA) is 111 Å². The van der Waals surface area contributed by atoms with Gasteiger partial charge in [-0.05, 0) is 45.9 Å². The SMILES string of the molecule is CC(OC(=O)c1ccc2noc(-c3ccccc3)c2c1)C(=O)NC(=O)NC(C)(C)C. The third-order valence-corrected chi connectivity index (χ3v) is 4.13. The van der Waals surface area contributed by atoms with Crippen molar-refractivity contribution in [3.05, 3.63) is 54.1 Å². The molecule has 0 aliphatic carbocycles. The quantitative estimate of drug-likeness (QED) is 0.636. The highest BCUT2D eigenvalue weighted by atomic mass is 16.5. The van der Waals surface area contributed by atoms with E-state index in [1.54, 1.807) is 39.0 Å². The number of urea groups is 1. The van der Waals surface area contributed by atoms with Crippen LogP contribution in [0.1, 0.15) is 38.1 Å². The molecule has 0 aliphatic heterocycles. The number of fused-ring (bicyclic) bond motifs is 1. The number of hydrogen-bond acceptors (Lipinski definition) is 6. The Kier molecular flexibility index (Phi) is 5.86. The molecule has 0 fully saturated rings. The number of amides is 3. The van der Waals surface area contributed by atoms with Crippen molar-refractivity contribution in [1.29, 1.82) is 0 Å². The Hall–Kier alpha value is -3.68. The zero-order valence-corrected chi connectivity index (χ0v) is 17.2. The van der Waals surface area contributed by atoms with Crippen molar-refractivity contribution in [3.63, 3.8) is 0 Å². The number of carbonyl (C=O) groups is 3. The summed E-state index contributed by atoms with van der Waals surface area (Å²) in [5.41, 5.74) is 1.15. The number of esters is 1. The third kappa shape index (κ3) is 5.02. The minimum Gasteiger partial charge on any atom is -0.449 e. The van der Waals surface area contributed by atoms with Crippen molar-refractivity contribution in [3.8, 4) is 11.3 Å². The average Bonchev–Trinajstić information content (AvgIpc) is 3.10. The van der Waals surface area contributed by atoms with E-state index < -0.39 is 29.6 Å². The summed E-state index contributed by atoms with van der Waals surface area (Å²) in [5, 5.41) is 9.42. The molecule has 0 aliphatic rings. The first-order chi connectivity index (χ1) is 14.1. The van der Waals surface area contributed by atoms with Crippen LogP contribution in [-0.4, -0.2) is 34.7 Å². The standard InChI is InChI=1S/C22H23N3O5/c1-13(19(26)23-21(28)24-22(2,3)4)29-20(27)15-10-11-17-16(12-15)18(30-25-17)14-8-6-5-7-9-14/h5-13H,1-4H3,(H2,23,24,26,28). The molecule has 2 N–H and O–H groups in total. The van der Waals surface area contributed by atoms with Crippen LogP contribution in [0.5, 0.6) is 0 Å². The van der Waals surface area contributed by atoms with E-state index in [1.807, 2.05) is 30.3 Å². The highest BCUT2D eigenvalue weighted by molar-refractivity contribution is 6.01. The average molecular weight is 409 g/mol. The molecule has 1 heterocycles. The predicted molar refractivity (Wildman–Crippen MR) is 111 cm³/mol. The zero-order chi connectivity index (χ0) is 21.9. The number of carbonyl (C=O) groups excluding carboxylic acids is 3. The fraction of sp³-hybridized carbons (Fsp3) is 0.273. The van der Waals surface area contributed by atoms with E-state index in [0.29, 0.717) is 16.7 Å². The van der Waals surface area contributed by atoms with Crippen LogP contribution in [-0.2, 0) is 9.53 Å². The predicted octanol–water partition coefficient (Wildman–Crippen LogP) is 3.66. The number of nitrogens with one attached hydrogen (secondary N) is 2. The van der Waals surface area contributed by atoms with E-state index in [4.69, 9.17) is 9.26 Å². The van der Waals surface area contributed by atoms with E-state index in [2.05, 4.69) is 15.8 Å². The minimum atomic E-state index is -1.16. The summed E-state index contributed by atoms with van der Waals surface area (Å²) in [5.74, 6) is -0.887. The van der Waals surface area contributed by atoms with Gasteiger partial charge in [-0.1, -0.05) is 35.5 Å². The van der Waals surface area contributed by atoms with Gasteiger partial charge in [0.25, 0.3) is 5.91 Å². The van der Waals surface area contributed by atoms with E-state index in [-0.39, 0.29) is 5.56 Å². The molecule has 1 atom stereocenters. The fourth-order valence-electron chi connectivity index (χ4n) is 2.73. The van der Waals surface area contributed by atoms with Gasteiger partial charge in [0.05, 0.1) is 10.9 Å². The molecule has 2 aromatic carbocycles. The lowest BCUT2D eigenvalue weighted by Crippen LogP contribution is -2.50. The lowest BCUT2D eigenvalue weighted by molar-refractivity contribution is -0.127. The van der Waals surface area contributed by atoms with Gasteiger partial charge in [-0.3, -0.25) is 10.1 Å². The van der Waals surface area contributed by atoms with Gasteiger partial charge < -0.3 is 14.6 Å². The molecule has 0 spiro atoms. The van der Waals surface area contributed by atoms with E-state index in [0.717, 1.165) is 5.56 Å². The second kappa shape index (κ2) is 8.36. The summed E-state index contributed by atoms with van der Waals surface area (Å²) in [4.78, 5) is 36.5. The number of aromatic nitrogens is 1. The molecule has 1 unspecified atom stereocenters. The van der Waals surface area contributed by atoms with Gasteiger partial charge in [0.15, 0.2) is 11.9 Å². The lowest BCUT2D eigenvalue weighted by Gasteiger charge is -2.21. The van der Waals surface area contributed by atoms with Crippen LogP contribution >= 0.6 is 0 Å². The maximum absolute atomic E-state index is 12.5. The highest BCUT2D eigenvalue weighted by Crippen LogP contribution is 2.29. The summed E-state index contributed by atoms with van der Waals surface area (Å²) in [7, 11) is 0. The van der Waals surface area contributed by atoms with Crippen LogP contribution in [0.3, 0.4) is 0 Å². The summed E-state index contributed by atoms with van der Waals surface area (Å²) in [6, 6.07) is 13.5. The largest absolute Gasteiger partial charge is 0.449 e. The van der Waals surface area contributed by atoms with Crippen LogP contribution in [0.25, 0.3) is 22.2 Å². The Labute approximate surface area is 173 Å². The number of rotatable bonds is 4. The second-order valence-corrected chi connectivity index (χ2v) is 7.85. The van der Waals surface area contributed by atoms with Crippen molar-refractivity contribution in [2.45, 2.75) is 39.3 Å². The van der Waals surface area contributed by atoms with Crippen molar-refractivity contribution in [1.82, 2.24) is 15.8 Å². The normalized spacial score (nSPS) is 12.3. The molecule has 0 bridgehead atoms. The summed E-state index contributed by atoms with van der Waals surface area (Å²) < 4.78 is 10.6. The maximum atomic E-state index is 12.5. The molecule has 8 nitrogen and oxygen atoms in total. The fourth-order valence-corrected chi connectivity index (χ4v) is 2.73. The van der Waals surface area contributed by atoms with Gasteiger partial charge in [0, 0.05) is 11.1 Å². The van der Waals surface area contributed by atoms with Gasteiger partial charge in [0.1, 0.15) is 5.52 Å². The summed E-state index contributed by atoms with van der Waals surface area (Å²) in [6.45, 7) is 6.74. The minimum absolute atomic E-state index is 0.238. The van der Waals surface area contributed by atoms with Gasteiger partial charge in [-0.15, -0.1) is 0 Å². The smallest absolute Gasteiger partial charge is 0.338 e. The first kappa shape index (κ1) is 21.0. The van der Waals surface area contributed by atoms with Crippen LogP contribution in [0.15, 0.2) is 53.1 Å². The molecule has 0 radical (unpaired) electrons. The Morgan fingerprint density at radius 1 is 1.07 bits per heavy atom. The van der Waals surface area contributed by atoms with Crippen LogP contribution in [0.4, 0.5) is 4.79 Å². The van der Waals surface area contributed by atoms with Gasteiger partial charge >= 0.3 is 12.0 Å². The molecule has 156 valence electrons. The van der Waals surface area contributed by atoms with Gasteiger partial charge in [-0.2, -0.15) is 0 Å². The zero-order valence-electron chi connectivity index (χ0n) is 17.2. The molecule has 3 aromatic rings. The monoisotopic (exact) mass is 409 g/mol. The first-order valence-corrected chi connectivity index (χ1v) is 9.43. The Balaban J connectivity index is 1.72. The molecule has 30 heavy (non-hydrogen) atoms. The molecular formula is C22H23N3O5. The molecule has 1 aromatic heterocycles. The molecule has 3 amide bonds. The lowest BCUT2D eigenvalue weighted by atomic mass is 10.1. The first-order valence-electron chi connectivity index (χ1n) is 9.43. The molecule has 0 saturated carbocycles. The van der Waals surface area contributed by atoms with Crippen molar-refractivity contribution < 1.29 is 23.6 Å². The Morgan fingerprint density at radius 2 is 1.77 bits per heavy atom. The molecule has 8 heteroatoms. The number of imide groups is 1. The van der Waals surface area contributed by atoms with Crippen molar-refractivity contribution in [2.75, 3.05) is 0 Å². The second-order valence-electron chi connectivity index (χ2n) is 7.85. The number of benzene rings is 2. The third-order valence-electron chi connectivity index (χ3n) is 4.13. The number of nitrogens with zero attached hydrogens (tertiary/aromatic N) is 1. The Bertz CT molecular complexity index is 1080. The molecule has 3 rings (SSSR count). The highest BCUT2D eigenvalue weighted by Gasteiger charge is 2.23. The van der Waals surface area contributed by atoms with Crippen LogP contribution in [0.2, 0.25) is 0 Å². The van der Waals surface area contributed by atoms with Crippen molar-refractivity contribution in [2.24, 2.45) is 0 Å². The maximum Gasteiger partial charge on any atom is 0.338 e. The van der Waals surface area contributed by atoms with Gasteiger partial charge in [-0.25, -0.2) is 9.59 Å². The number of ether oxygens (including phenoxy) is 1. The summed E-state index contributed by atoms with van der Waals surface area (Å²) in [6.07, 6.45) is -1.16. The van der Waals surface area contributed by atoms with E-state index in [1.165, 1.54) is 6.92 Å². The summed E-state index contributed by atoms with van der Waals surface area (Å²) >= 11 is 0. The van der Waals surface area contributed by atoms with Crippen LogP contribution < -0.4 is 10.6 Å². The van der Waals surface area contributed by atoms with E-state index >= 15 is 0 Å².